The van der Waals surface area contributed by atoms with Gasteiger partial charge in [0, 0.05) is 62.8 Å². The Kier molecular flexibility index (Phi) is 5.58. The summed E-state index contributed by atoms with van der Waals surface area (Å²) < 4.78 is 0. The molecule has 2 aliphatic heterocycles. The van der Waals surface area contributed by atoms with E-state index in [-0.39, 0.29) is 5.91 Å². The van der Waals surface area contributed by atoms with E-state index < -0.39 is 0 Å². The Balaban J connectivity index is 1.34. The standard InChI is InChI=1S/C22H28N4O/c27-22(19-6-8-20(9-7-19)26-14-10-23-11-15-26)24-17-18-4-3-5-21(16-18)25-12-1-2-13-25/h3-9,16,23H,1-2,10-15,17H2,(H,24,27). The maximum Gasteiger partial charge on any atom is 0.251 e. The van der Waals surface area contributed by atoms with Gasteiger partial charge >= 0.3 is 0 Å². The van der Waals surface area contributed by atoms with Crippen LogP contribution in [0.2, 0.25) is 0 Å². The van der Waals surface area contributed by atoms with Gasteiger partial charge in [-0.2, -0.15) is 0 Å². The summed E-state index contributed by atoms with van der Waals surface area (Å²) in [6.45, 7) is 6.87. The quantitative estimate of drug-likeness (QED) is 0.856. The highest BCUT2D eigenvalue weighted by atomic mass is 16.1. The minimum atomic E-state index is -0.0200. The predicted molar refractivity (Wildman–Crippen MR) is 111 cm³/mol. The average molecular weight is 364 g/mol. The van der Waals surface area contributed by atoms with E-state index in [2.05, 4.69) is 44.7 Å². The number of rotatable bonds is 5. The number of carbonyl (C=O) groups is 1. The van der Waals surface area contributed by atoms with Gasteiger partial charge in [0.05, 0.1) is 0 Å². The van der Waals surface area contributed by atoms with Crippen LogP contribution in [0.5, 0.6) is 0 Å². The summed E-state index contributed by atoms with van der Waals surface area (Å²) in [7, 11) is 0. The van der Waals surface area contributed by atoms with Crippen LogP contribution in [-0.2, 0) is 6.54 Å². The molecule has 0 atom stereocenters. The molecule has 2 N–H and O–H groups in total. The molecule has 2 aromatic carbocycles. The average Bonchev–Trinajstić information content (AvgIpc) is 3.28. The zero-order valence-corrected chi connectivity index (χ0v) is 15.8. The fourth-order valence-electron chi connectivity index (χ4n) is 3.87. The number of hydrogen-bond donors (Lipinski definition) is 2. The van der Waals surface area contributed by atoms with Gasteiger partial charge in [0.1, 0.15) is 0 Å². The topological polar surface area (TPSA) is 47.6 Å². The first-order valence-electron chi connectivity index (χ1n) is 9.97. The molecule has 142 valence electrons. The molecule has 2 heterocycles. The molecule has 0 aromatic heterocycles. The van der Waals surface area contributed by atoms with E-state index in [4.69, 9.17) is 0 Å². The van der Waals surface area contributed by atoms with E-state index in [0.29, 0.717) is 12.1 Å². The second kappa shape index (κ2) is 8.44. The van der Waals surface area contributed by atoms with Crippen LogP contribution in [0.4, 0.5) is 11.4 Å². The maximum atomic E-state index is 12.5. The monoisotopic (exact) mass is 364 g/mol. The fraction of sp³-hybridized carbons (Fsp3) is 0.409. The summed E-state index contributed by atoms with van der Waals surface area (Å²) in [5, 5.41) is 6.41. The molecule has 2 aliphatic rings. The molecule has 27 heavy (non-hydrogen) atoms. The molecule has 0 saturated carbocycles. The van der Waals surface area contributed by atoms with Gasteiger partial charge in [0.25, 0.3) is 5.91 Å². The maximum absolute atomic E-state index is 12.5. The zero-order valence-electron chi connectivity index (χ0n) is 15.8. The minimum absolute atomic E-state index is 0.0200. The Morgan fingerprint density at radius 2 is 1.59 bits per heavy atom. The highest BCUT2D eigenvalue weighted by Crippen LogP contribution is 2.21. The molecular weight excluding hydrogens is 336 g/mol. The van der Waals surface area contributed by atoms with Crippen molar-refractivity contribution in [1.29, 1.82) is 0 Å². The van der Waals surface area contributed by atoms with Crippen molar-refractivity contribution in [2.24, 2.45) is 0 Å². The Labute approximate surface area is 161 Å². The van der Waals surface area contributed by atoms with Crippen molar-refractivity contribution in [2.45, 2.75) is 19.4 Å². The van der Waals surface area contributed by atoms with E-state index in [1.807, 2.05) is 24.3 Å². The van der Waals surface area contributed by atoms with E-state index >= 15 is 0 Å². The van der Waals surface area contributed by atoms with Gasteiger partial charge in [0.15, 0.2) is 0 Å². The summed E-state index contributed by atoms with van der Waals surface area (Å²) in [5.74, 6) is -0.0200. The molecule has 2 saturated heterocycles. The Morgan fingerprint density at radius 1 is 0.889 bits per heavy atom. The third-order valence-corrected chi connectivity index (χ3v) is 5.45. The van der Waals surface area contributed by atoms with Crippen LogP contribution in [0, 0.1) is 0 Å². The SMILES string of the molecule is O=C(NCc1cccc(N2CCCC2)c1)c1ccc(N2CCNCC2)cc1. The molecule has 5 nitrogen and oxygen atoms in total. The lowest BCUT2D eigenvalue weighted by molar-refractivity contribution is 0.0951. The van der Waals surface area contributed by atoms with Crippen molar-refractivity contribution >= 4 is 17.3 Å². The lowest BCUT2D eigenvalue weighted by Crippen LogP contribution is -2.43. The van der Waals surface area contributed by atoms with Crippen LogP contribution in [0.15, 0.2) is 48.5 Å². The molecular formula is C22H28N4O. The van der Waals surface area contributed by atoms with Crippen LogP contribution in [-0.4, -0.2) is 45.2 Å². The van der Waals surface area contributed by atoms with Crippen molar-refractivity contribution in [3.8, 4) is 0 Å². The van der Waals surface area contributed by atoms with Crippen molar-refractivity contribution in [1.82, 2.24) is 10.6 Å². The molecule has 5 heteroatoms. The van der Waals surface area contributed by atoms with Crippen molar-refractivity contribution in [2.75, 3.05) is 49.1 Å². The highest BCUT2D eigenvalue weighted by molar-refractivity contribution is 5.94. The van der Waals surface area contributed by atoms with Crippen LogP contribution < -0.4 is 20.4 Å². The van der Waals surface area contributed by atoms with Crippen molar-refractivity contribution in [3.05, 3.63) is 59.7 Å². The molecule has 0 unspecified atom stereocenters. The summed E-state index contributed by atoms with van der Waals surface area (Å²) in [6, 6.07) is 16.5. The number of hydrogen-bond acceptors (Lipinski definition) is 4. The first-order chi connectivity index (χ1) is 13.3. The smallest absolute Gasteiger partial charge is 0.251 e. The Morgan fingerprint density at radius 3 is 2.33 bits per heavy atom. The molecule has 2 aromatic rings. The lowest BCUT2D eigenvalue weighted by Gasteiger charge is -2.29. The van der Waals surface area contributed by atoms with Crippen LogP contribution in [0.1, 0.15) is 28.8 Å². The lowest BCUT2D eigenvalue weighted by atomic mass is 10.1. The molecule has 2 fully saturated rings. The third kappa shape index (κ3) is 4.42. The summed E-state index contributed by atoms with van der Waals surface area (Å²) in [6.07, 6.45) is 2.54. The van der Waals surface area contributed by atoms with E-state index in [1.165, 1.54) is 24.2 Å². The molecule has 4 rings (SSSR count). The zero-order chi connectivity index (χ0) is 18.5. The summed E-state index contributed by atoms with van der Waals surface area (Å²) in [5.41, 5.74) is 4.31. The van der Waals surface area contributed by atoms with Gasteiger partial charge in [-0.1, -0.05) is 12.1 Å². The second-order valence-corrected chi connectivity index (χ2v) is 7.33. The number of amides is 1. The Hall–Kier alpha value is -2.53. The van der Waals surface area contributed by atoms with Crippen molar-refractivity contribution < 1.29 is 4.79 Å². The first kappa shape index (κ1) is 17.9. The molecule has 0 bridgehead atoms. The number of anilines is 2. The molecule has 0 spiro atoms. The van der Waals surface area contributed by atoms with Crippen LogP contribution >= 0.6 is 0 Å². The number of carbonyl (C=O) groups excluding carboxylic acids is 1. The van der Waals surface area contributed by atoms with E-state index in [0.717, 1.165) is 44.8 Å². The van der Waals surface area contributed by atoms with E-state index in [9.17, 15) is 4.79 Å². The third-order valence-electron chi connectivity index (χ3n) is 5.45. The first-order valence-corrected chi connectivity index (χ1v) is 9.97. The number of nitrogens with zero attached hydrogens (tertiary/aromatic N) is 2. The molecule has 0 radical (unpaired) electrons. The van der Waals surface area contributed by atoms with Gasteiger partial charge < -0.3 is 20.4 Å². The van der Waals surface area contributed by atoms with Crippen LogP contribution in [0.3, 0.4) is 0 Å². The van der Waals surface area contributed by atoms with Crippen molar-refractivity contribution in [3.63, 3.8) is 0 Å². The van der Waals surface area contributed by atoms with Gasteiger partial charge in [-0.05, 0) is 54.8 Å². The highest BCUT2D eigenvalue weighted by Gasteiger charge is 2.13. The number of piperazine rings is 1. The minimum Gasteiger partial charge on any atom is -0.372 e. The number of benzene rings is 2. The predicted octanol–water partition coefficient (Wildman–Crippen LogP) is 2.63. The summed E-state index contributed by atoms with van der Waals surface area (Å²) in [4.78, 5) is 17.3. The fourth-order valence-corrected chi connectivity index (χ4v) is 3.87. The van der Waals surface area contributed by atoms with Gasteiger partial charge in [0.2, 0.25) is 0 Å². The van der Waals surface area contributed by atoms with Gasteiger partial charge in [-0.3, -0.25) is 4.79 Å². The van der Waals surface area contributed by atoms with E-state index in [1.54, 1.807) is 0 Å². The summed E-state index contributed by atoms with van der Waals surface area (Å²) >= 11 is 0. The molecule has 1 amide bonds. The van der Waals surface area contributed by atoms with Crippen LogP contribution in [0.25, 0.3) is 0 Å². The second-order valence-electron chi connectivity index (χ2n) is 7.33. The van der Waals surface area contributed by atoms with Gasteiger partial charge in [-0.15, -0.1) is 0 Å². The Bertz CT molecular complexity index is 762. The number of nitrogens with one attached hydrogen (secondary N) is 2. The molecule has 0 aliphatic carbocycles. The largest absolute Gasteiger partial charge is 0.372 e. The normalized spacial score (nSPS) is 17.2. The van der Waals surface area contributed by atoms with Gasteiger partial charge in [-0.25, -0.2) is 0 Å².